The van der Waals surface area contributed by atoms with E-state index in [1.807, 2.05) is 19.1 Å². The van der Waals surface area contributed by atoms with E-state index < -0.39 is 10.0 Å². The maximum absolute atomic E-state index is 12.8. The molecule has 0 aliphatic carbocycles. The molecule has 1 aromatic rings. The fraction of sp³-hybridized carbons (Fsp3) is 0.636. The van der Waals surface area contributed by atoms with Crippen molar-refractivity contribution in [2.45, 2.75) is 56.9 Å². The molecule has 1 aromatic carbocycles. The van der Waals surface area contributed by atoms with Crippen molar-refractivity contribution in [1.82, 2.24) is 14.5 Å². The number of nitrogens with zero attached hydrogens (tertiary/aromatic N) is 3. The Morgan fingerprint density at radius 1 is 1.13 bits per heavy atom. The summed E-state index contributed by atoms with van der Waals surface area (Å²) in [5.41, 5.74) is 6.34. The molecule has 0 radical (unpaired) electrons. The third kappa shape index (κ3) is 6.43. The first-order valence-corrected chi connectivity index (χ1v) is 12.7. The van der Waals surface area contributed by atoms with Gasteiger partial charge in [-0.05, 0) is 56.2 Å². The molecule has 31 heavy (non-hydrogen) atoms. The summed E-state index contributed by atoms with van der Waals surface area (Å²) in [7, 11) is -3.41. The number of aliphatic imine (C=N–C) groups is 1. The molecule has 1 amide bonds. The van der Waals surface area contributed by atoms with Crippen LogP contribution >= 0.6 is 0 Å². The molecule has 172 valence electrons. The lowest BCUT2D eigenvalue weighted by Gasteiger charge is -2.34. The number of hydrogen-bond donors (Lipinski definition) is 2. The fourth-order valence-corrected chi connectivity index (χ4v) is 5.84. The molecular weight excluding hydrogens is 414 g/mol. The molecule has 3 rings (SSSR count). The molecule has 2 aliphatic rings. The summed E-state index contributed by atoms with van der Waals surface area (Å²) in [5.74, 6) is 0.824. The summed E-state index contributed by atoms with van der Waals surface area (Å²) in [4.78, 5) is 18.6. The van der Waals surface area contributed by atoms with E-state index in [9.17, 15) is 13.2 Å². The van der Waals surface area contributed by atoms with Crippen LogP contribution in [0.15, 0.2) is 34.2 Å². The largest absolute Gasteiger partial charge is 0.370 e. The number of carbonyl (C=O) groups is 1. The quantitative estimate of drug-likeness (QED) is 0.488. The van der Waals surface area contributed by atoms with Crippen LogP contribution in [0.1, 0.15) is 51.0 Å². The van der Waals surface area contributed by atoms with E-state index in [0.717, 1.165) is 63.3 Å². The zero-order chi connectivity index (χ0) is 22.3. The summed E-state index contributed by atoms with van der Waals surface area (Å²) in [6.07, 6.45) is 5.36. The average Bonchev–Trinajstić information content (AvgIpc) is 2.77. The van der Waals surface area contributed by atoms with Gasteiger partial charge in [0.15, 0.2) is 5.96 Å². The van der Waals surface area contributed by atoms with Gasteiger partial charge < -0.3 is 16.0 Å². The zero-order valence-corrected chi connectivity index (χ0v) is 19.2. The Kier molecular flexibility index (Phi) is 8.31. The van der Waals surface area contributed by atoms with E-state index >= 15 is 0 Å². The van der Waals surface area contributed by atoms with Gasteiger partial charge in [0, 0.05) is 39.1 Å². The molecule has 1 unspecified atom stereocenters. The van der Waals surface area contributed by atoms with Crippen LogP contribution in [0.4, 0.5) is 0 Å². The van der Waals surface area contributed by atoms with Gasteiger partial charge in [-0.1, -0.05) is 18.6 Å². The van der Waals surface area contributed by atoms with Gasteiger partial charge in [-0.15, -0.1) is 0 Å². The second-order valence-electron chi connectivity index (χ2n) is 8.40. The van der Waals surface area contributed by atoms with Crippen LogP contribution in [0.3, 0.4) is 0 Å². The molecule has 0 saturated carbocycles. The van der Waals surface area contributed by atoms with Gasteiger partial charge >= 0.3 is 0 Å². The maximum atomic E-state index is 12.8. The second-order valence-corrected chi connectivity index (χ2v) is 10.3. The number of hydrogen-bond acceptors (Lipinski definition) is 4. The Morgan fingerprint density at radius 2 is 1.84 bits per heavy atom. The van der Waals surface area contributed by atoms with Crippen LogP contribution in [0, 0.1) is 5.92 Å². The topological polar surface area (TPSA) is 108 Å². The van der Waals surface area contributed by atoms with Crippen LogP contribution in [0.25, 0.3) is 0 Å². The lowest BCUT2D eigenvalue weighted by Crippen LogP contribution is -2.47. The first-order chi connectivity index (χ1) is 14.9. The van der Waals surface area contributed by atoms with Crippen molar-refractivity contribution in [3.05, 3.63) is 29.8 Å². The smallest absolute Gasteiger partial charge is 0.243 e. The Morgan fingerprint density at radius 3 is 2.48 bits per heavy atom. The first-order valence-electron chi connectivity index (χ1n) is 11.3. The van der Waals surface area contributed by atoms with Crippen molar-refractivity contribution >= 4 is 21.9 Å². The van der Waals surface area contributed by atoms with E-state index in [0.29, 0.717) is 31.0 Å². The van der Waals surface area contributed by atoms with Gasteiger partial charge in [0.2, 0.25) is 15.9 Å². The van der Waals surface area contributed by atoms with E-state index in [1.54, 1.807) is 16.4 Å². The van der Waals surface area contributed by atoms with Gasteiger partial charge in [0.05, 0.1) is 11.4 Å². The molecule has 0 bridgehead atoms. The van der Waals surface area contributed by atoms with Crippen molar-refractivity contribution < 1.29 is 13.2 Å². The molecule has 3 N–H and O–H groups in total. The van der Waals surface area contributed by atoms with E-state index in [2.05, 4.69) is 10.2 Å². The number of nitrogens with one attached hydrogen (secondary N) is 1. The lowest BCUT2D eigenvalue weighted by molar-refractivity contribution is -0.119. The predicted molar refractivity (Wildman–Crippen MR) is 122 cm³/mol. The normalized spacial score (nSPS) is 21.1. The molecule has 8 nitrogen and oxygen atoms in total. The molecular formula is C22H35N5O3S. The van der Waals surface area contributed by atoms with Crippen LogP contribution in [-0.4, -0.2) is 62.2 Å². The number of benzene rings is 1. The number of rotatable bonds is 7. The number of likely N-dealkylation sites (tertiary alicyclic amines) is 1. The number of amides is 1. The summed E-state index contributed by atoms with van der Waals surface area (Å²) >= 11 is 0. The minimum atomic E-state index is -3.41. The van der Waals surface area contributed by atoms with Crippen molar-refractivity contribution in [3.63, 3.8) is 0 Å². The molecule has 2 saturated heterocycles. The Balaban J connectivity index is 1.66. The van der Waals surface area contributed by atoms with Gasteiger partial charge in [-0.2, -0.15) is 4.31 Å². The Hall–Kier alpha value is -2.13. The molecule has 0 aromatic heterocycles. The highest BCUT2D eigenvalue weighted by atomic mass is 32.2. The van der Waals surface area contributed by atoms with Gasteiger partial charge in [-0.25, -0.2) is 13.4 Å². The number of carbonyl (C=O) groups excluding carboxylic acids is 1. The number of sulfonamides is 1. The standard InChI is InChI=1S/C22H35N5O3S/c1-2-24-22(26-12-6-7-19(17-26)15-21(23)28)25-16-18-8-10-20(11-9-18)31(29,30)27-13-4-3-5-14-27/h8-11,19H,2-7,12-17H2,1H3,(H2,23,28)(H,24,25). The van der Waals surface area contributed by atoms with Crippen molar-refractivity contribution in [2.75, 3.05) is 32.7 Å². The van der Waals surface area contributed by atoms with Crippen LogP contribution in [0.2, 0.25) is 0 Å². The van der Waals surface area contributed by atoms with Gasteiger partial charge in [0.1, 0.15) is 0 Å². The third-order valence-electron chi connectivity index (χ3n) is 5.93. The van der Waals surface area contributed by atoms with Crippen LogP contribution < -0.4 is 11.1 Å². The number of primary amides is 1. The summed E-state index contributed by atoms with van der Waals surface area (Å²) in [5, 5.41) is 3.33. The van der Waals surface area contributed by atoms with Crippen molar-refractivity contribution in [2.24, 2.45) is 16.6 Å². The zero-order valence-electron chi connectivity index (χ0n) is 18.4. The minimum absolute atomic E-state index is 0.256. The molecule has 2 heterocycles. The highest BCUT2D eigenvalue weighted by Gasteiger charge is 2.26. The summed E-state index contributed by atoms with van der Waals surface area (Å²) in [6.45, 7) is 6.11. The first kappa shape index (κ1) is 23.5. The van der Waals surface area contributed by atoms with E-state index in [-0.39, 0.29) is 11.8 Å². The van der Waals surface area contributed by atoms with Crippen LogP contribution in [-0.2, 0) is 21.4 Å². The Labute approximate surface area is 185 Å². The minimum Gasteiger partial charge on any atom is -0.370 e. The average molecular weight is 450 g/mol. The molecule has 2 aliphatic heterocycles. The van der Waals surface area contributed by atoms with Gasteiger partial charge in [-0.3, -0.25) is 4.79 Å². The third-order valence-corrected chi connectivity index (χ3v) is 7.84. The number of piperidine rings is 2. The maximum Gasteiger partial charge on any atom is 0.243 e. The highest BCUT2D eigenvalue weighted by Crippen LogP contribution is 2.22. The fourth-order valence-electron chi connectivity index (χ4n) is 4.32. The predicted octanol–water partition coefficient (Wildman–Crippen LogP) is 1.91. The summed E-state index contributed by atoms with van der Waals surface area (Å²) in [6, 6.07) is 7.06. The van der Waals surface area contributed by atoms with Crippen molar-refractivity contribution in [1.29, 1.82) is 0 Å². The van der Waals surface area contributed by atoms with E-state index in [4.69, 9.17) is 10.7 Å². The summed E-state index contributed by atoms with van der Waals surface area (Å²) < 4.78 is 27.2. The van der Waals surface area contributed by atoms with Gasteiger partial charge in [0.25, 0.3) is 0 Å². The molecule has 9 heteroatoms. The second kappa shape index (κ2) is 10.9. The Bertz CT molecular complexity index is 864. The lowest BCUT2D eigenvalue weighted by atomic mass is 9.95. The molecule has 0 spiro atoms. The van der Waals surface area contributed by atoms with E-state index in [1.165, 1.54) is 0 Å². The highest BCUT2D eigenvalue weighted by molar-refractivity contribution is 7.89. The van der Waals surface area contributed by atoms with Crippen molar-refractivity contribution in [3.8, 4) is 0 Å². The number of nitrogens with two attached hydrogens (primary N) is 1. The monoisotopic (exact) mass is 449 g/mol. The van der Waals surface area contributed by atoms with Crippen LogP contribution in [0.5, 0.6) is 0 Å². The SMILES string of the molecule is CCNC(=NCc1ccc(S(=O)(=O)N2CCCCC2)cc1)N1CCCC(CC(N)=O)C1. The molecule has 2 fully saturated rings. The number of guanidine groups is 1. The molecule has 1 atom stereocenters.